The Hall–Kier alpha value is -1.66. The van der Waals surface area contributed by atoms with Gasteiger partial charge >= 0.3 is 5.97 Å². The van der Waals surface area contributed by atoms with Gasteiger partial charge in [-0.3, -0.25) is 9.59 Å². The van der Waals surface area contributed by atoms with E-state index in [0.717, 1.165) is 77.0 Å². The average Bonchev–Trinajstić information content (AvgIpc) is 3.32. The number of hydrogen-bond acceptors (Lipinski definition) is 5. The Morgan fingerprint density at radius 2 is 0.712 bits per heavy atom. The molecule has 0 saturated heterocycles. The molecule has 0 aromatic carbocycles. The molecule has 0 aromatic rings. The monoisotopic (exact) mass is 930 g/mol. The van der Waals surface area contributed by atoms with E-state index in [1.807, 2.05) is 6.08 Å². The molecule has 6 heteroatoms. The molecule has 0 saturated carbocycles. The van der Waals surface area contributed by atoms with Gasteiger partial charge in [0.05, 0.1) is 25.4 Å². The van der Waals surface area contributed by atoms with E-state index < -0.39 is 12.1 Å². The number of esters is 1. The highest BCUT2D eigenvalue weighted by Crippen LogP contribution is 2.17. The Labute approximate surface area is 411 Å². The van der Waals surface area contributed by atoms with Gasteiger partial charge in [0, 0.05) is 12.8 Å². The minimum atomic E-state index is -0.867. The van der Waals surface area contributed by atoms with Gasteiger partial charge in [0.1, 0.15) is 0 Å². The van der Waals surface area contributed by atoms with Crippen LogP contribution in [0.15, 0.2) is 24.3 Å². The number of ether oxygens (including phenoxy) is 1. The third-order valence-corrected chi connectivity index (χ3v) is 13.7. The maximum Gasteiger partial charge on any atom is 0.305 e. The topological polar surface area (TPSA) is 95.9 Å². The van der Waals surface area contributed by atoms with Crippen molar-refractivity contribution in [2.24, 2.45) is 0 Å². The van der Waals surface area contributed by atoms with Crippen molar-refractivity contribution < 1.29 is 24.5 Å². The number of carbonyl (C=O) groups excluding carboxylic acids is 2. The van der Waals surface area contributed by atoms with Gasteiger partial charge in [0.15, 0.2) is 0 Å². The van der Waals surface area contributed by atoms with Crippen molar-refractivity contribution >= 4 is 11.9 Å². The average molecular weight is 931 g/mol. The first-order valence-electron chi connectivity index (χ1n) is 29.6. The van der Waals surface area contributed by atoms with E-state index in [-0.39, 0.29) is 18.5 Å². The number of hydrogen-bond donors (Lipinski definition) is 3. The van der Waals surface area contributed by atoms with Crippen molar-refractivity contribution in [3.8, 4) is 0 Å². The van der Waals surface area contributed by atoms with Gasteiger partial charge in [0.25, 0.3) is 0 Å². The largest absolute Gasteiger partial charge is 0.466 e. The zero-order chi connectivity index (χ0) is 47.9. The predicted octanol–water partition coefficient (Wildman–Crippen LogP) is 18.2. The third kappa shape index (κ3) is 51.7. The maximum absolute atomic E-state index is 12.5. The van der Waals surface area contributed by atoms with Crippen LogP contribution in [0.25, 0.3) is 0 Å². The number of amides is 1. The quantitative estimate of drug-likeness (QED) is 0.0321. The second-order valence-electron chi connectivity index (χ2n) is 20.3. The summed E-state index contributed by atoms with van der Waals surface area (Å²) < 4.78 is 5.44. The molecule has 0 rings (SSSR count). The Kier molecular flexibility index (Phi) is 54.5. The van der Waals surface area contributed by atoms with Crippen LogP contribution >= 0.6 is 0 Å². The summed E-state index contributed by atoms with van der Waals surface area (Å²) >= 11 is 0. The van der Waals surface area contributed by atoms with E-state index in [1.54, 1.807) is 6.08 Å². The lowest BCUT2D eigenvalue weighted by molar-refractivity contribution is -0.143. The van der Waals surface area contributed by atoms with E-state index in [4.69, 9.17) is 4.74 Å². The molecule has 390 valence electrons. The summed E-state index contributed by atoms with van der Waals surface area (Å²) in [5, 5.41) is 23.2. The van der Waals surface area contributed by atoms with Crippen LogP contribution in [0.4, 0.5) is 0 Å². The summed E-state index contributed by atoms with van der Waals surface area (Å²) in [6, 6.07) is -0.654. The molecule has 0 fully saturated rings. The lowest BCUT2D eigenvalue weighted by Crippen LogP contribution is -2.45. The maximum atomic E-state index is 12.5. The molecule has 0 spiro atoms. The van der Waals surface area contributed by atoms with Crippen LogP contribution in [0.2, 0.25) is 0 Å². The predicted molar refractivity (Wildman–Crippen MR) is 287 cm³/mol. The summed E-state index contributed by atoms with van der Waals surface area (Å²) in [6.07, 6.45) is 67.8. The van der Waals surface area contributed by atoms with Gasteiger partial charge < -0.3 is 20.3 Å². The molecular weight excluding hydrogens is 815 g/mol. The van der Waals surface area contributed by atoms with Crippen LogP contribution in [-0.2, 0) is 14.3 Å². The van der Waals surface area contributed by atoms with E-state index in [9.17, 15) is 19.8 Å². The molecule has 0 aliphatic carbocycles. The molecule has 2 unspecified atom stereocenters. The van der Waals surface area contributed by atoms with Crippen molar-refractivity contribution in [3.05, 3.63) is 24.3 Å². The van der Waals surface area contributed by atoms with Crippen LogP contribution < -0.4 is 5.32 Å². The minimum absolute atomic E-state index is 0.0348. The Bertz CT molecular complexity index is 1030. The molecule has 0 radical (unpaired) electrons. The molecule has 0 aromatic heterocycles. The van der Waals surface area contributed by atoms with Crippen molar-refractivity contribution in [3.63, 3.8) is 0 Å². The minimum Gasteiger partial charge on any atom is -0.466 e. The van der Waals surface area contributed by atoms with Crippen LogP contribution in [-0.4, -0.2) is 47.4 Å². The van der Waals surface area contributed by atoms with Crippen LogP contribution in [0.1, 0.15) is 322 Å². The lowest BCUT2D eigenvalue weighted by Gasteiger charge is -2.20. The van der Waals surface area contributed by atoms with Crippen molar-refractivity contribution in [2.45, 2.75) is 334 Å². The molecular formula is C60H115NO5. The first-order chi connectivity index (χ1) is 32.5. The first kappa shape index (κ1) is 64.3. The van der Waals surface area contributed by atoms with Gasteiger partial charge in [-0.1, -0.05) is 276 Å². The van der Waals surface area contributed by atoms with Crippen LogP contribution in [0.5, 0.6) is 0 Å². The molecule has 3 N–H and O–H groups in total. The zero-order valence-corrected chi connectivity index (χ0v) is 44.4. The molecule has 0 bridgehead atoms. The highest BCUT2D eigenvalue weighted by molar-refractivity contribution is 5.76. The smallest absolute Gasteiger partial charge is 0.305 e. The normalized spacial score (nSPS) is 12.7. The second-order valence-corrected chi connectivity index (χ2v) is 20.3. The van der Waals surface area contributed by atoms with Gasteiger partial charge in [-0.05, 0) is 57.8 Å². The highest BCUT2D eigenvalue weighted by Gasteiger charge is 2.18. The van der Waals surface area contributed by atoms with E-state index in [0.29, 0.717) is 19.4 Å². The van der Waals surface area contributed by atoms with Crippen molar-refractivity contribution in [1.82, 2.24) is 5.32 Å². The molecule has 6 nitrogen and oxygen atoms in total. The fraction of sp³-hybridized carbons (Fsp3) is 0.900. The third-order valence-electron chi connectivity index (χ3n) is 13.7. The molecule has 66 heavy (non-hydrogen) atoms. The Balaban J connectivity index is 3.53. The standard InChI is InChI=1S/C60H115NO5/c1-3-5-7-9-11-13-15-17-19-20-21-22-23-24-25-26-27-29-30-32-36-40-44-48-52-58(63)57(56-62)61-59(64)53-49-45-41-37-34-35-39-43-47-51-55-66-60(65)54-50-46-42-38-33-31-28-18-16-14-12-10-8-6-4-2/h35,39,48,52,57-58,62-63H,3-34,36-38,40-47,49-51,53-56H2,1-2H3,(H,61,64)/b39-35-,52-48+. The number of unbranched alkanes of at least 4 members (excludes halogenated alkanes) is 42. The summed E-state index contributed by atoms with van der Waals surface area (Å²) in [6.45, 7) is 4.84. The van der Waals surface area contributed by atoms with Crippen LogP contribution in [0, 0.1) is 0 Å². The van der Waals surface area contributed by atoms with Crippen LogP contribution in [0.3, 0.4) is 0 Å². The molecule has 0 aliphatic heterocycles. The molecule has 2 atom stereocenters. The van der Waals surface area contributed by atoms with E-state index in [2.05, 4.69) is 31.3 Å². The summed E-state index contributed by atoms with van der Waals surface area (Å²) in [5.41, 5.74) is 0. The Morgan fingerprint density at radius 3 is 1.08 bits per heavy atom. The number of rotatable bonds is 55. The fourth-order valence-corrected chi connectivity index (χ4v) is 9.16. The number of nitrogens with one attached hydrogen (secondary N) is 1. The van der Waals surface area contributed by atoms with E-state index >= 15 is 0 Å². The fourth-order valence-electron chi connectivity index (χ4n) is 9.16. The first-order valence-corrected chi connectivity index (χ1v) is 29.6. The lowest BCUT2D eigenvalue weighted by atomic mass is 10.0. The second kappa shape index (κ2) is 55.9. The SMILES string of the molecule is CCCCCCCCCCCCCCCCCCCCCCCC/C=C/C(O)C(CO)NC(=O)CCCCCC/C=C\CCCCOC(=O)CCCCCCCCCCCCCCCCC. The van der Waals surface area contributed by atoms with Gasteiger partial charge in [-0.15, -0.1) is 0 Å². The van der Waals surface area contributed by atoms with Crippen molar-refractivity contribution in [2.75, 3.05) is 13.2 Å². The summed E-state index contributed by atoms with van der Waals surface area (Å²) in [7, 11) is 0. The van der Waals surface area contributed by atoms with Gasteiger partial charge in [0.2, 0.25) is 5.91 Å². The number of allylic oxidation sites excluding steroid dienone is 3. The Morgan fingerprint density at radius 1 is 0.409 bits per heavy atom. The van der Waals surface area contributed by atoms with Gasteiger partial charge in [-0.2, -0.15) is 0 Å². The number of aliphatic hydroxyl groups excluding tert-OH is 2. The number of aliphatic hydroxyl groups is 2. The molecule has 1 amide bonds. The van der Waals surface area contributed by atoms with E-state index in [1.165, 1.54) is 218 Å². The highest BCUT2D eigenvalue weighted by atomic mass is 16.5. The zero-order valence-electron chi connectivity index (χ0n) is 44.4. The van der Waals surface area contributed by atoms with Crippen molar-refractivity contribution in [1.29, 1.82) is 0 Å². The summed E-state index contributed by atoms with van der Waals surface area (Å²) in [4.78, 5) is 24.5. The van der Waals surface area contributed by atoms with Gasteiger partial charge in [-0.25, -0.2) is 0 Å². The summed E-state index contributed by atoms with van der Waals surface area (Å²) in [5.74, 6) is -0.135. The molecule has 0 heterocycles. The number of carbonyl (C=O) groups is 2. The molecule has 0 aliphatic rings.